The Morgan fingerprint density at radius 1 is 1.33 bits per heavy atom. The van der Waals surface area contributed by atoms with Crippen LogP contribution in [0.1, 0.15) is 26.7 Å². The van der Waals surface area contributed by atoms with Gasteiger partial charge >= 0.3 is 0 Å². The first-order valence-electron chi connectivity index (χ1n) is 6.40. The first-order valence-corrected chi connectivity index (χ1v) is 6.78. The van der Waals surface area contributed by atoms with E-state index in [-0.39, 0.29) is 0 Å². The summed E-state index contributed by atoms with van der Waals surface area (Å²) in [6.07, 6.45) is 4.23. The minimum Gasteiger partial charge on any atom is -0.371 e. The van der Waals surface area contributed by atoms with Crippen molar-refractivity contribution in [3.63, 3.8) is 0 Å². The van der Waals surface area contributed by atoms with Gasteiger partial charge in [0.15, 0.2) is 0 Å². The maximum atomic E-state index is 6.01. The summed E-state index contributed by atoms with van der Waals surface area (Å²) in [5, 5.41) is 1.89. The molecule has 0 fully saturated rings. The minimum absolute atomic E-state index is 0.524. The van der Waals surface area contributed by atoms with Gasteiger partial charge in [0.2, 0.25) is 0 Å². The molecule has 0 bridgehead atoms. The van der Waals surface area contributed by atoms with E-state index in [0.717, 1.165) is 15.9 Å². The monoisotopic (exact) mass is 262 g/mol. The van der Waals surface area contributed by atoms with E-state index in [1.54, 1.807) is 0 Å². The van der Waals surface area contributed by atoms with Crippen LogP contribution in [0.15, 0.2) is 30.5 Å². The first kappa shape index (κ1) is 13.2. The Kier molecular flexibility index (Phi) is 4.07. The van der Waals surface area contributed by atoms with Crippen LogP contribution in [0.25, 0.3) is 10.9 Å². The van der Waals surface area contributed by atoms with E-state index >= 15 is 0 Å². The van der Waals surface area contributed by atoms with Gasteiger partial charge in [-0.05, 0) is 37.6 Å². The highest BCUT2D eigenvalue weighted by Gasteiger charge is 2.12. The average molecular weight is 263 g/mol. The quantitative estimate of drug-likeness (QED) is 0.806. The van der Waals surface area contributed by atoms with E-state index in [0.29, 0.717) is 6.04 Å². The molecule has 0 aliphatic carbocycles. The second-order valence-electron chi connectivity index (χ2n) is 4.74. The van der Waals surface area contributed by atoms with Crippen LogP contribution in [0.3, 0.4) is 0 Å². The lowest BCUT2D eigenvalue weighted by Crippen LogP contribution is -2.28. The van der Waals surface area contributed by atoms with Crippen LogP contribution in [0.2, 0.25) is 5.02 Å². The molecule has 2 aromatic rings. The smallest absolute Gasteiger partial charge is 0.0737 e. The SMILES string of the molecule is CCCC(C)N(C)c1ccnc2cc(Cl)ccc12. The van der Waals surface area contributed by atoms with Crippen molar-refractivity contribution in [1.29, 1.82) is 0 Å². The fraction of sp³-hybridized carbons (Fsp3) is 0.400. The van der Waals surface area contributed by atoms with Crippen molar-refractivity contribution >= 4 is 28.2 Å². The predicted molar refractivity (Wildman–Crippen MR) is 79.5 cm³/mol. The van der Waals surface area contributed by atoms with Crippen LogP contribution >= 0.6 is 11.6 Å². The third-order valence-corrected chi connectivity index (χ3v) is 3.66. The number of benzene rings is 1. The molecule has 1 heterocycles. The highest BCUT2D eigenvalue weighted by atomic mass is 35.5. The molecule has 0 N–H and O–H groups in total. The van der Waals surface area contributed by atoms with E-state index in [4.69, 9.17) is 11.6 Å². The topological polar surface area (TPSA) is 16.1 Å². The van der Waals surface area contributed by atoms with Crippen LogP contribution in [0.4, 0.5) is 5.69 Å². The van der Waals surface area contributed by atoms with Gasteiger partial charge in [-0.25, -0.2) is 0 Å². The normalized spacial score (nSPS) is 12.7. The Balaban J connectivity index is 2.44. The van der Waals surface area contributed by atoms with Gasteiger partial charge in [0, 0.05) is 35.4 Å². The zero-order chi connectivity index (χ0) is 13.1. The molecule has 0 spiro atoms. The highest BCUT2D eigenvalue weighted by molar-refractivity contribution is 6.31. The van der Waals surface area contributed by atoms with Crippen molar-refractivity contribution in [1.82, 2.24) is 4.98 Å². The summed E-state index contributed by atoms with van der Waals surface area (Å²) in [6.45, 7) is 4.47. The molecular weight excluding hydrogens is 244 g/mol. The van der Waals surface area contributed by atoms with Gasteiger partial charge in [-0.1, -0.05) is 24.9 Å². The number of fused-ring (bicyclic) bond motifs is 1. The summed E-state index contributed by atoms with van der Waals surface area (Å²) in [5.41, 5.74) is 2.17. The maximum absolute atomic E-state index is 6.01. The molecule has 0 saturated carbocycles. The molecule has 96 valence electrons. The zero-order valence-corrected chi connectivity index (χ0v) is 11.9. The number of rotatable bonds is 4. The summed E-state index contributed by atoms with van der Waals surface area (Å²) >= 11 is 6.01. The number of aromatic nitrogens is 1. The molecule has 1 aromatic carbocycles. The fourth-order valence-electron chi connectivity index (χ4n) is 2.26. The summed E-state index contributed by atoms with van der Waals surface area (Å²) in [6, 6.07) is 8.49. The van der Waals surface area contributed by atoms with Crippen molar-refractivity contribution in [2.45, 2.75) is 32.7 Å². The molecule has 3 heteroatoms. The van der Waals surface area contributed by atoms with Crippen molar-refractivity contribution < 1.29 is 0 Å². The fourth-order valence-corrected chi connectivity index (χ4v) is 2.43. The molecule has 0 saturated heterocycles. The van der Waals surface area contributed by atoms with Crippen LogP contribution in [0, 0.1) is 0 Å². The molecule has 2 nitrogen and oxygen atoms in total. The average Bonchev–Trinajstić information content (AvgIpc) is 2.37. The Morgan fingerprint density at radius 3 is 2.83 bits per heavy atom. The third kappa shape index (κ3) is 2.59. The lowest BCUT2D eigenvalue weighted by atomic mass is 10.1. The van der Waals surface area contributed by atoms with E-state index in [9.17, 15) is 0 Å². The van der Waals surface area contributed by atoms with Gasteiger partial charge in [-0.2, -0.15) is 0 Å². The Hall–Kier alpha value is -1.28. The molecule has 1 atom stereocenters. The highest BCUT2D eigenvalue weighted by Crippen LogP contribution is 2.28. The lowest BCUT2D eigenvalue weighted by Gasteiger charge is -2.27. The summed E-state index contributed by atoms with van der Waals surface area (Å²) in [4.78, 5) is 6.70. The lowest BCUT2D eigenvalue weighted by molar-refractivity contribution is 0.617. The molecule has 1 unspecified atom stereocenters. The Morgan fingerprint density at radius 2 is 2.11 bits per heavy atom. The van der Waals surface area contributed by atoms with Gasteiger partial charge in [-0.3, -0.25) is 4.98 Å². The van der Waals surface area contributed by atoms with Gasteiger partial charge < -0.3 is 4.90 Å². The van der Waals surface area contributed by atoms with Crippen molar-refractivity contribution in [3.8, 4) is 0 Å². The van der Waals surface area contributed by atoms with E-state index in [1.807, 2.05) is 18.3 Å². The van der Waals surface area contributed by atoms with Crippen LogP contribution < -0.4 is 4.90 Å². The minimum atomic E-state index is 0.524. The molecule has 1 aromatic heterocycles. The molecule has 0 amide bonds. The second kappa shape index (κ2) is 5.57. The number of anilines is 1. The zero-order valence-electron chi connectivity index (χ0n) is 11.2. The maximum Gasteiger partial charge on any atom is 0.0737 e. The summed E-state index contributed by atoms with van der Waals surface area (Å²) in [7, 11) is 2.14. The molecule has 18 heavy (non-hydrogen) atoms. The van der Waals surface area contributed by atoms with Crippen molar-refractivity contribution in [2.75, 3.05) is 11.9 Å². The Labute approximate surface area is 114 Å². The standard InChI is InChI=1S/C15H19ClN2/c1-4-5-11(2)18(3)15-8-9-17-14-10-12(16)6-7-13(14)15/h6-11H,4-5H2,1-3H3. The van der Waals surface area contributed by atoms with Crippen LogP contribution in [0.5, 0.6) is 0 Å². The number of nitrogens with zero attached hydrogens (tertiary/aromatic N) is 2. The Bertz CT molecular complexity index is 539. The van der Waals surface area contributed by atoms with Gasteiger partial charge in [-0.15, -0.1) is 0 Å². The largest absolute Gasteiger partial charge is 0.371 e. The predicted octanol–water partition coefficient (Wildman–Crippen LogP) is 4.51. The number of hydrogen-bond donors (Lipinski definition) is 0. The first-order chi connectivity index (χ1) is 8.63. The van der Waals surface area contributed by atoms with Crippen LogP contribution in [-0.4, -0.2) is 18.1 Å². The molecule has 2 rings (SSSR count). The van der Waals surface area contributed by atoms with E-state index < -0.39 is 0 Å². The third-order valence-electron chi connectivity index (χ3n) is 3.43. The van der Waals surface area contributed by atoms with Crippen LogP contribution in [-0.2, 0) is 0 Å². The molecule has 0 aliphatic heterocycles. The summed E-state index contributed by atoms with van der Waals surface area (Å²) in [5.74, 6) is 0. The van der Waals surface area contributed by atoms with E-state index in [2.05, 4.69) is 42.9 Å². The van der Waals surface area contributed by atoms with Gasteiger partial charge in [0.1, 0.15) is 0 Å². The molecule has 0 aliphatic rings. The number of hydrogen-bond acceptors (Lipinski definition) is 2. The van der Waals surface area contributed by atoms with Crippen molar-refractivity contribution in [3.05, 3.63) is 35.5 Å². The molecule has 0 radical (unpaired) electrons. The molecular formula is C15H19ClN2. The van der Waals surface area contributed by atoms with Gasteiger partial charge in [0.05, 0.1) is 5.52 Å². The van der Waals surface area contributed by atoms with Gasteiger partial charge in [0.25, 0.3) is 0 Å². The van der Waals surface area contributed by atoms with E-state index in [1.165, 1.54) is 18.5 Å². The number of pyridine rings is 1. The van der Waals surface area contributed by atoms with Crippen molar-refractivity contribution in [2.24, 2.45) is 0 Å². The summed E-state index contributed by atoms with van der Waals surface area (Å²) < 4.78 is 0. The second-order valence-corrected chi connectivity index (χ2v) is 5.18. The number of halogens is 1.